The van der Waals surface area contributed by atoms with Crippen LogP contribution < -0.4 is 11.1 Å². The highest BCUT2D eigenvalue weighted by atomic mass is 15.3. The van der Waals surface area contributed by atoms with E-state index < -0.39 is 0 Å². The predicted molar refractivity (Wildman–Crippen MR) is 67.5 cm³/mol. The third-order valence-electron chi connectivity index (χ3n) is 3.88. The highest BCUT2D eigenvalue weighted by molar-refractivity contribution is 5.01. The van der Waals surface area contributed by atoms with E-state index in [1.807, 2.05) is 6.92 Å². The fourth-order valence-electron chi connectivity index (χ4n) is 2.35. The van der Waals surface area contributed by atoms with Crippen molar-refractivity contribution in [3.05, 3.63) is 11.6 Å². The first-order chi connectivity index (χ1) is 8.10. The van der Waals surface area contributed by atoms with E-state index in [1.54, 1.807) is 0 Å². The van der Waals surface area contributed by atoms with E-state index in [2.05, 4.69) is 33.9 Å². The summed E-state index contributed by atoms with van der Waals surface area (Å²) < 4.78 is 2.14. The minimum atomic E-state index is 0.0540. The van der Waals surface area contributed by atoms with Crippen LogP contribution in [0.2, 0.25) is 0 Å². The highest BCUT2D eigenvalue weighted by Crippen LogP contribution is 2.39. The number of nitrogens with two attached hydrogens (primary N) is 1. The molecule has 0 aliphatic heterocycles. The molecule has 0 amide bonds. The highest BCUT2D eigenvalue weighted by Gasteiger charge is 2.40. The molecular weight excluding hydrogens is 214 g/mol. The lowest BCUT2D eigenvalue weighted by Crippen LogP contribution is -2.50. The van der Waals surface area contributed by atoms with Crippen LogP contribution >= 0.6 is 0 Å². The van der Waals surface area contributed by atoms with Crippen LogP contribution in [0.1, 0.15) is 38.3 Å². The second-order valence-electron chi connectivity index (χ2n) is 5.16. The summed E-state index contributed by atoms with van der Waals surface area (Å²) in [6, 6.07) is 0. The van der Waals surface area contributed by atoms with Gasteiger partial charge in [-0.3, -0.25) is 0 Å². The molecule has 0 radical (unpaired) electrons. The Bertz CT molecular complexity index is 382. The Morgan fingerprint density at radius 1 is 1.47 bits per heavy atom. The lowest BCUT2D eigenvalue weighted by atomic mass is 9.96. The number of aromatic nitrogens is 3. The van der Waals surface area contributed by atoms with Crippen LogP contribution in [0.25, 0.3) is 0 Å². The molecule has 1 aliphatic rings. The Labute approximate surface area is 103 Å². The first-order valence-corrected chi connectivity index (χ1v) is 6.44. The minimum Gasteiger partial charge on any atom is -0.329 e. The average molecular weight is 237 g/mol. The Morgan fingerprint density at radius 2 is 2.18 bits per heavy atom. The molecule has 96 valence electrons. The summed E-state index contributed by atoms with van der Waals surface area (Å²) in [7, 11) is 0. The molecule has 0 bridgehead atoms. The molecule has 1 atom stereocenters. The van der Waals surface area contributed by atoms with Gasteiger partial charge in [-0.05, 0) is 39.5 Å². The van der Waals surface area contributed by atoms with Crippen LogP contribution in [0.4, 0.5) is 0 Å². The number of aryl methyl sites for hydroxylation is 1. The standard InChI is InChI=1S/C12H23N5/c1-4-17-9(2)15-16-11(17)7-14-12(3,8-13)10-5-6-10/h10,14H,4-8,13H2,1-3H3. The van der Waals surface area contributed by atoms with Gasteiger partial charge in [-0.15, -0.1) is 10.2 Å². The van der Waals surface area contributed by atoms with E-state index in [0.29, 0.717) is 6.54 Å². The van der Waals surface area contributed by atoms with Crippen LogP contribution in [0.5, 0.6) is 0 Å². The fourth-order valence-corrected chi connectivity index (χ4v) is 2.35. The number of hydrogen-bond donors (Lipinski definition) is 2. The normalized spacial score (nSPS) is 19.3. The predicted octanol–water partition coefficient (Wildman–Crippen LogP) is 0.823. The lowest BCUT2D eigenvalue weighted by molar-refractivity contribution is 0.311. The quantitative estimate of drug-likeness (QED) is 0.768. The summed E-state index contributed by atoms with van der Waals surface area (Å²) in [5.41, 5.74) is 5.94. The van der Waals surface area contributed by atoms with Gasteiger partial charge in [-0.1, -0.05) is 0 Å². The molecule has 1 unspecified atom stereocenters. The van der Waals surface area contributed by atoms with Gasteiger partial charge in [0.05, 0.1) is 6.54 Å². The van der Waals surface area contributed by atoms with E-state index in [0.717, 1.165) is 30.7 Å². The maximum atomic E-state index is 5.88. The van der Waals surface area contributed by atoms with Gasteiger partial charge in [0.1, 0.15) is 11.6 Å². The molecule has 17 heavy (non-hydrogen) atoms. The Morgan fingerprint density at radius 3 is 2.71 bits per heavy atom. The summed E-state index contributed by atoms with van der Waals surface area (Å²) in [5, 5.41) is 11.9. The topological polar surface area (TPSA) is 68.8 Å². The fraction of sp³-hybridized carbons (Fsp3) is 0.833. The summed E-state index contributed by atoms with van der Waals surface area (Å²) in [5.74, 6) is 2.71. The maximum absolute atomic E-state index is 5.88. The second kappa shape index (κ2) is 4.74. The summed E-state index contributed by atoms with van der Waals surface area (Å²) in [6.45, 7) is 8.66. The zero-order chi connectivity index (χ0) is 12.5. The molecule has 1 aromatic rings. The molecule has 0 saturated heterocycles. The van der Waals surface area contributed by atoms with E-state index in [4.69, 9.17) is 5.73 Å². The van der Waals surface area contributed by atoms with Crippen LogP contribution in [-0.2, 0) is 13.1 Å². The van der Waals surface area contributed by atoms with Gasteiger partial charge in [0.2, 0.25) is 0 Å². The first kappa shape index (κ1) is 12.5. The molecule has 1 fully saturated rings. The molecule has 1 aliphatic carbocycles. The SMILES string of the molecule is CCn1c(C)nnc1CNC(C)(CN)C1CC1. The van der Waals surface area contributed by atoms with E-state index in [9.17, 15) is 0 Å². The Kier molecular flexibility index (Phi) is 3.49. The number of nitrogens with one attached hydrogen (secondary N) is 1. The Balaban J connectivity index is 2.01. The number of rotatable bonds is 6. The summed E-state index contributed by atoms with van der Waals surface area (Å²) in [4.78, 5) is 0. The van der Waals surface area contributed by atoms with Crippen LogP contribution in [0.15, 0.2) is 0 Å². The maximum Gasteiger partial charge on any atom is 0.147 e. The van der Waals surface area contributed by atoms with Gasteiger partial charge in [0, 0.05) is 18.6 Å². The van der Waals surface area contributed by atoms with Crippen molar-refractivity contribution in [3.63, 3.8) is 0 Å². The molecule has 0 spiro atoms. The average Bonchev–Trinajstić information content (AvgIpc) is 3.12. The molecule has 5 heteroatoms. The van der Waals surface area contributed by atoms with Crippen molar-refractivity contribution in [2.75, 3.05) is 6.54 Å². The van der Waals surface area contributed by atoms with E-state index >= 15 is 0 Å². The van der Waals surface area contributed by atoms with Gasteiger partial charge in [-0.2, -0.15) is 0 Å². The van der Waals surface area contributed by atoms with Gasteiger partial charge in [0.15, 0.2) is 0 Å². The summed E-state index contributed by atoms with van der Waals surface area (Å²) in [6.07, 6.45) is 2.58. The van der Waals surface area contributed by atoms with Gasteiger partial charge < -0.3 is 15.6 Å². The van der Waals surface area contributed by atoms with Crippen LogP contribution in [-0.4, -0.2) is 26.8 Å². The zero-order valence-electron chi connectivity index (χ0n) is 11.0. The van der Waals surface area contributed by atoms with Gasteiger partial charge in [0.25, 0.3) is 0 Å². The van der Waals surface area contributed by atoms with Crippen molar-refractivity contribution >= 4 is 0 Å². The molecule has 3 N–H and O–H groups in total. The molecular formula is C12H23N5. The van der Waals surface area contributed by atoms with Crippen molar-refractivity contribution in [3.8, 4) is 0 Å². The summed E-state index contributed by atoms with van der Waals surface area (Å²) >= 11 is 0. The number of hydrogen-bond acceptors (Lipinski definition) is 4. The van der Waals surface area contributed by atoms with Crippen molar-refractivity contribution in [2.24, 2.45) is 11.7 Å². The largest absolute Gasteiger partial charge is 0.329 e. The molecule has 1 aromatic heterocycles. The molecule has 2 rings (SSSR count). The molecule has 5 nitrogen and oxygen atoms in total. The van der Waals surface area contributed by atoms with Gasteiger partial charge >= 0.3 is 0 Å². The zero-order valence-corrected chi connectivity index (χ0v) is 11.0. The van der Waals surface area contributed by atoms with Gasteiger partial charge in [-0.25, -0.2) is 0 Å². The number of nitrogens with zero attached hydrogens (tertiary/aromatic N) is 3. The van der Waals surface area contributed by atoms with E-state index in [-0.39, 0.29) is 5.54 Å². The van der Waals surface area contributed by atoms with E-state index in [1.165, 1.54) is 12.8 Å². The monoisotopic (exact) mass is 237 g/mol. The third kappa shape index (κ3) is 2.50. The van der Waals surface area contributed by atoms with Crippen LogP contribution in [0.3, 0.4) is 0 Å². The minimum absolute atomic E-state index is 0.0540. The van der Waals surface area contributed by atoms with Crippen molar-refractivity contribution in [1.29, 1.82) is 0 Å². The Hall–Kier alpha value is -0.940. The molecule has 1 saturated carbocycles. The molecule has 1 heterocycles. The molecule has 0 aromatic carbocycles. The second-order valence-corrected chi connectivity index (χ2v) is 5.16. The smallest absolute Gasteiger partial charge is 0.147 e. The van der Waals surface area contributed by atoms with Crippen molar-refractivity contribution < 1.29 is 0 Å². The third-order valence-corrected chi connectivity index (χ3v) is 3.88. The van der Waals surface area contributed by atoms with Crippen LogP contribution in [0, 0.1) is 12.8 Å². The first-order valence-electron chi connectivity index (χ1n) is 6.44. The lowest BCUT2D eigenvalue weighted by Gasteiger charge is -2.29. The van der Waals surface area contributed by atoms with Crippen molar-refractivity contribution in [1.82, 2.24) is 20.1 Å². The van der Waals surface area contributed by atoms with Crippen molar-refractivity contribution in [2.45, 2.75) is 52.2 Å².